The zero-order chi connectivity index (χ0) is 10.2. The van der Waals surface area contributed by atoms with Crippen LogP contribution in [0.15, 0.2) is 0 Å². The van der Waals surface area contributed by atoms with Crippen molar-refractivity contribution in [2.24, 2.45) is 11.5 Å². The maximum Gasteiger partial charge on any atom is 0.0588 e. The molecule has 4 heteroatoms. The molecule has 0 saturated carbocycles. The molecule has 0 bridgehead atoms. The van der Waals surface area contributed by atoms with Gasteiger partial charge in [-0.25, -0.2) is 0 Å². The van der Waals surface area contributed by atoms with Crippen molar-refractivity contribution >= 4 is 0 Å². The Kier molecular flexibility index (Phi) is 6.10. The molecule has 0 aromatic rings. The predicted molar refractivity (Wildman–Crippen MR) is 58.1 cm³/mol. The van der Waals surface area contributed by atoms with E-state index in [4.69, 9.17) is 16.2 Å². The molecule has 1 aliphatic rings. The molecule has 0 amide bonds. The maximum absolute atomic E-state index is 5.57. The van der Waals surface area contributed by atoms with Crippen molar-refractivity contribution in [3.63, 3.8) is 0 Å². The molecular weight excluding hydrogens is 178 g/mol. The number of ether oxygens (including phenoxy) is 1. The van der Waals surface area contributed by atoms with Gasteiger partial charge in [0.25, 0.3) is 0 Å². The summed E-state index contributed by atoms with van der Waals surface area (Å²) in [5, 5.41) is 0. The van der Waals surface area contributed by atoms with E-state index in [1.54, 1.807) is 0 Å². The number of hydrogen-bond donors (Lipinski definition) is 2. The van der Waals surface area contributed by atoms with Gasteiger partial charge in [0.15, 0.2) is 0 Å². The second kappa shape index (κ2) is 7.17. The highest BCUT2D eigenvalue weighted by molar-refractivity contribution is 4.68. The van der Waals surface area contributed by atoms with Gasteiger partial charge in [-0.2, -0.15) is 0 Å². The zero-order valence-corrected chi connectivity index (χ0v) is 8.95. The van der Waals surface area contributed by atoms with E-state index in [0.717, 1.165) is 32.7 Å². The molecule has 0 aliphatic carbocycles. The fourth-order valence-corrected chi connectivity index (χ4v) is 1.90. The van der Waals surface area contributed by atoms with E-state index in [0.29, 0.717) is 19.2 Å². The standard InChI is InChI=1S/C10H23N3O/c11-4-7-13(8-5-12)6-3-10-2-1-9-14-10/h10H,1-9,11-12H2. The van der Waals surface area contributed by atoms with Gasteiger partial charge in [0.1, 0.15) is 0 Å². The lowest BCUT2D eigenvalue weighted by Gasteiger charge is -2.22. The first kappa shape index (κ1) is 11.9. The lowest BCUT2D eigenvalue weighted by molar-refractivity contribution is 0.0927. The molecule has 0 radical (unpaired) electrons. The lowest BCUT2D eigenvalue weighted by atomic mass is 10.2. The molecule has 84 valence electrons. The molecule has 1 atom stereocenters. The van der Waals surface area contributed by atoms with Crippen LogP contribution >= 0.6 is 0 Å². The third-order valence-electron chi connectivity index (χ3n) is 2.68. The van der Waals surface area contributed by atoms with Crippen molar-refractivity contribution in [3.8, 4) is 0 Å². The SMILES string of the molecule is NCCN(CCN)CCC1CCCO1. The summed E-state index contributed by atoms with van der Waals surface area (Å²) in [6, 6.07) is 0. The lowest BCUT2D eigenvalue weighted by Crippen LogP contribution is -2.35. The van der Waals surface area contributed by atoms with Crippen LogP contribution < -0.4 is 11.5 Å². The molecule has 1 aliphatic heterocycles. The monoisotopic (exact) mass is 201 g/mol. The summed E-state index contributed by atoms with van der Waals surface area (Å²) < 4.78 is 5.57. The van der Waals surface area contributed by atoms with Crippen molar-refractivity contribution in [1.82, 2.24) is 4.90 Å². The van der Waals surface area contributed by atoms with Crippen LogP contribution in [0.4, 0.5) is 0 Å². The molecule has 0 aromatic heterocycles. The van der Waals surface area contributed by atoms with Crippen molar-refractivity contribution in [2.45, 2.75) is 25.4 Å². The molecule has 1 heterocycles. The van der Waals surface area contributed by atoms with Gasteiger partial charge in [0.2, 0.25) is 0 Å². The smallest absolute Gasteiger partial charge is 0.0588 e. The molecule has 1 unspecified atom stereocenters. The van der Waals surface area contributed by atoms with E-state index >= 15 is 0 Å². The van der Waals surface area contributed by atoms with E-state index in [-0.39, 0.29) is 0 Å². The molecule has 14 heavy (non-hydrogen) atoms. The van der Waals surface area contributed by atoms with Crippen LogP contribution in [0.1, 0.15) is 19.3 Å². The number of nitrogens with two attached hydrogens (primary N) is 2. The molecule has 1 rings (SSSR count). The van der Waals surface area contributed by atoms with Crippen LogP contribution in [0.5, 0.6) is 0 Å². The van der Waals surface area contributed by atoms with E-state index in [1.165, 1.54) is 12.8 Å². The topological polar surface area (TPSA) is 64.5 Å². The Balaban J connectivity index is 2.10. The Hall–Kier alpha value is -0.160. The van der Waals surface area contributed by atoms with Crippen LogP contribution in [0, 0.1) is 0 Å². The van der Waals surface area contributed by atoms with Gasteiger partial charge in [0, 0.05) is 39.3 Å². The van der Waals surface area contributed by atoms with E-state index in [9.17, 15) is 0 Å². The number of rotatable bonds is 7. The first-order chi connectivity index (χ1) is 6.86. The van der Waals surface area contributed by atoms with Crippen molar-refractivity contribution in [2.75, 3.05) is 39.3 Å². The second-order valence-corrected chi connectivity index (χ2v) is 3.84. The molecule has 4 nitrogen and oxygen atoms in total. The highest BCUT2D eigenvalue weighted by atomic mass is 16.5. The van der Waals surface area contributed by atoms with Crippen LogP contribution in [-0.4, -0.2) is 50.3 Å². The third kappa shape index (κ3) is 4.37. The molecule has 0 spiro atoms. The minimum Gasteiger partial charge on any atom is -0.378 e. The van der Waals surface area contributed by atoms with Gasteiger partial charge >= 0.3 is 0 Å². The maximum atomic E-state index is 5.57. The second-order valence-electron chi connectivity index (χ2n) is 3.84. The third-order valence-corrected chi connectivity index (χ3v) is 2.68. The molecular formula is C10H23N3O. The summed E-state index contributed by atoms with van der Waals surface area (Å²) in [6.07, 6.45) is 4.05. The number of hydrogen-bond acceptors (Lipinski definition) is 4. The summed E-state index contributed by atoms with van der Waals surface area (Å²) in [6.45, 7) is 5.34. The minimum absolute atomic E-state index is 0.480. The van der Waals surface area contributed by atoms with E-state index in [2.05, 4.69) is 4.90 Å². The Labute approximate surface area is 86.6 Å². The molecule has 1 saturated heterocycles. The van der Waals surface area contributed by atoms with Gasteiger partial charge in [-0.15, -0.1) is 0 Å². The Morgan fingerprint density at radius 1 is 1.14 bits per heavy atom. The van der Waals surface area contributed by atoms with Crippen LogP contribution in [0.2, 0.25) is 0 Å². The zero-order valence-electron chi connectivity index (χ0n) is 8.95. The van der Waals surface area contributed by atoms with Crippen LogP contribution in [0.3, 0.4) is 0 Å². The largest absolute Gasteiger partial charge is 0.378 e. The summed E-state index contributed by atoms with van der Waals surface area (Å²) in [5.41, 5.74) is 11.1. The van der Waals surface area contributed by atoms with Gasteiger partial charge in [-0.3, -0.25) is 0 Å². The summed E-state index contributed by atoms with van der Waals surface area (Å²) in [4.78, 5) is 2.32. The van der Waals surface area contributed by atoms with Gasteiger partial charge in [-0.1, -0.05) is 0 Å². The summed E-state index contributed by atoms with van der Waals surface area (Å²) in [5.74, 6) is 0. The van der Waals surface area contributed by atoms with Gasteiger partial charge in [0.05, 0.1) is 6.10 Å². The average molecular weight is 201 g/mol. The average Bonchev–Trinajstić information content (AvgIpc) is 2.67. The Bertz CT molecular complexity index is 131. The summed E-state index contributed by atoms with van der Waals surface area (Å²) >= 11 is 0. The Morgan fingerprint density at radius 3 is 2.36 bits per heavy atom. The summed E-state index contributed by atoms with van der Waals surface area (Å²) in [7, 11) is 0. The van der Waals surface area contributed by atoms with Crippen molar-refractivity contribution in [3.05, 3.63) is 0 Å². The van der Waals surface area contributed by atoms with Gasteiger partial charge in [-0.05, 0) is 19.3 Å². The van der Waals surface area contributed by atoms with Gasteiger partial charge < -0.3 is 21.1 Å². The van der Waals surface area contributed by atoms with Crippen LogP contribution in [0.25, 0.3) is 0 Å². The first-order valence-electron chi connectivity index (χ1n) is 5.61. The van der Waals surface area contributed by atoms with Crippen LogP contribution in [-0.2, 0) is 4.74 Å². The normalized spacial score (nSPS) is 22.1. The van der Waals surface area contributed by atoms with E-state index < -0.39 is 0 Å². The molecule has 1 fully saturated rings. The highest BCUT2D eigenvalue weighted by Gasteiger charge is 2.16. The quantitative estimate of drug-likeness (QED) is 0.597. The van der Waals surface area contributed by atoms with Crippen molar-refractivity contribution in [1.29, 1.82) is 0 Å². The van der Waals surface area contributed by atoms with Crippen molar-refractivity contribution < 1.29 is 4.74 Å². The fraction of sp³-hybridized carbons (Fsp3) is 1.00. The highest BCUT2D eigenvalue weighted by Crippen LogP contribution is 2.15. The first-order valence-corrected chi connectivity index (χ1v) is 5.61. The Morgan fingerprint density at radius 2 is 1.86 bits per heavy atom. The number of nitrogens with zero attached hydrogens (tertiary/aromatic N) is 1. The van der Waals surface area contributed by atoms with E-state index in [1.807, 2.05) is 0 Å². The fourth-order valence-electron chi connectivity index (χ4n) is 1.90. The predicted octanol–water partition coefficient (Wildman–Crippen LogP) is -0.225. The molecule has 0 aromatic carbocycles. The minimum atomic E-state index is 0.480. The molecule has 4 N–H and O–H groups in total.